The van der Waals surface area contributed by atoms with Crippen molar-refractivity contribution in [3.05, 3.63) is 52.2 Å². The van der Waals surface area contributed by atoms with E-state index in [9.17, 15) is 19.5 Å². The topological polar surface area (TPSA) is 137 Å². The van der Waals surface area contributed by atoms with Crippen molar-refractivity contribution >= 4 is 58.5 Å². The summed E-state index contributed by atoms with van der Waals surface area (Å²) in [5.74, 6) is -0.0853. The molecule has 0 unspecified atom stereocenters. The van der Waals surface area contributed by atoms with Crippen molar-refractivity contribution < 1.29 is 19.5 Å². The number of carboxylic acid groups (broad SMARTS) is 1. The van der Waals surface area contributed by atoms with Gasteiger partial charge in [-0.05, 0) is 11.1 Å². The highest BCUT2D eigenvalue weighted by molar-refractivity contribution is 8.01. The molecule has 2 amide bonds. The van der Waals surface area contributed by atoms with E-state index in [1.807, 2.05) is 24.3 Å². The molecular formula is C21H20N6O4S3. The molecule has 1 aromatic heterocycles. The molecule has 2 atom stereocenters. The van der Waals surface area contributed by atoms with Crippen molar-refractivity contribution in [3.63, 3.8) is 0 Å². The third-order valence-electron chi connectivity index (χ3n) is 5.54. The summed E-state index contributed by atoms with van der Waals surface area (Å²) in [6.07, 6.45) is 0.132. The van der Waals surface area contributed by atoms with E-state index >= 15 is 0 Å². The maximum atomic E-state index is 12.8. The number of amides is 2. The summed E-state index contributed by atoms with van der Waals surface area (Å²) < 4.78 is 0.741. The number of β-lactam (4-membered cyclic amide) rings is 1. The molecule has 34 heavy (non-hydrogen) atoms. The highest BCUT2D eigenvalue weighted by atomic mass is 32.2. The second kappa shape index (κ2) is 9.76. The van der Waals surface area contributed by atoms with Gasteiger partial charge in [0.15, 0.2) is 4.34 Å². The van der Waals surface area contributed by atoms with E-state index in [1.165, 1.54) is 39.8 Å². The summed E-state index contributed by atoms with van der Waals surface area (Å²) >= 11 is 4.23. The largest absolute Gasteiger partial charge is 0.477 e. The summed E-state index contributed by atoms with van der Waals surface area (Å²) in [5, 5.41) is 23.1. The predicted molar refractivity (Wildman–Crippen MR) is 130 cm³/mol. The van der Waals surface area contributed by atoms with E-state index in [-0.39, 0.29) is 18.0 Å². The molecule has 0 saturated carbocycles. The summed E-state index contributed by atoms with van der Waals surface area (Å²) in [6, 6.07) is 6.83. The van der Waals surface area contributed by atoms with Crippen LogP contribution in [0.3, 0.4) is 0 Å². The summed E-state index contributed by atoms with van der Waals surface area (Å²) in [5.41, 5.74) is 4.08. The van der Waals surface area contributed by atoms with Gasteiger partial charge in [0.25, 0.3) is 5.91 Å². The van der Waals surface area contributed by atoms with Crippen LogP contribution < -0.4 is 10.6 Å². The Morgan fingerprint density at radius 1 is 1.29 bits per heavy atom. The first-order chi connectivity index (χ1) is 16.5. The van der Waals surface area contributed by atoms with Gasteiger partial charge in [0.2, 0.25) is 5.91 Å². The zero-order chi connectivity index (χ0) is 23.7. The van der Waals surface area contributed by atoms with E-state index < -0.39 is 23.3 Å². The molecule has 0 radical (unpaired) electrons. The van der Waals surface area contributed by atoms with E-state index in [4.69, 9.17) is 0 Å². The zero-order valence-corrected chi connectivity index (χ0v) is 20.2. The number of hydrogen-bond acceptors (Lipinski definition) is 10. The maximum Gasteiger partial charge on any atom is 0.352 e. The Labute approximate surface area is 207 Å². The molecular weight excluding hydrogens is 496 g/mol. The van der Waals surface area contributed by atoms with Crippen molar-refractivity contribution in [1.29, 1.82) is 0 Å². The normalized spacial score (nSPS) is 21.5. The van der Waals surface area contributed by atoms with Gasteiger partial charge in [0, 0.05) is 23.6 Å². The molecule has 1 saturated heterocycles. The molecule has 1 aromatic carbocycles. The number of thioether (sulfide) groups is 2. The van der Waals surface area contributed by atoms with Crippen molar-refractivity contribution in [3.8, 4) is 0 Å². The molecule has 0 spiro atoms. The van der Waals surface area contributed by atoms with Crippen molar-refractivity contribution in [2.75, 3.05) is 24.6 Å². The van der Waals surface area contributed by atoms with Crippen molar-refractivity contribution in [2.45, 2.75) is 22.2 Å². The second-order valence-corrected chi connectivity index (χ2v) is 10.9. The highest BCUT2D eigenvalue weighted by Gasteiger charge is 2.54. The van der Waals surface area contributed by atoms with Gasteiger partial charge < -0.3 is 15.7 Å². The lowest BCUT2D eigenvalue weighted by molar-refractivity contribution is -0.150. The minimum atomic E-state index is -1.14. The average Bonchev–Trinajstić information content (AvgIpc) is 3.55. The van der Waals surface area contributed by atoms with Gasteiger partial charge >= 0.3 is 5.97 Å². The second-order valence-electron chi connectivity index (χ2n) is 7.74. The molecule has 10 nitrogen and oxygen atoms in total. The minimum absolute atomic E-state index is 0.00953. The van der Waals surface area contributed by atoms with Gasteiger partial charge in [-0.15, -0.1) is 22.0 Å². The number of aliphatic imine (C=N–C) groups is 1. The lowest BCUT2D eigenvalue weighted by atomic mass is 10.0. The zero-order valence-electron chi connectivity index (χ0n) is 17.8. The summed E-state index contributed by atoms with van der Waals surface area (Å²) in [7, 11) is 0. The number of carbonyl (C=O) groups excluding carboxylic acids is 2. The molecule has 176 valence electrons. The summed E-state index contributed by atoms with van der Waals surface area (Å²) in [6.45, 7) is 1.58. The van der Waals surface area contributed by atoms with Gasteiger partial charge in [0.05, 0.1) is 13.0 Å². The Morgan fingerprint density at radius 3 is 2.79 bits per heavy atom. The number of aliphatic carboxylic acids is 1. The molecule has 0 aliphatic carbocycles. The van der Waals surface area contributed by atoms with Gasteiger partial charge in [-0.3, -0.25) is 19.5 Å². The van der Waals surface area contributed by atoms with Crippen LogP contribution in [-0.2, 0) is 20.8 Å². The lowest BCUT2D eigenvalue weighted by Crippen LogP contribution is -2.70. The Hall–Kier alpha value is -2.90. The fraction of sp³-hybridized carbons (Fsp3) is 0.333. The monoisotopic (exact) mass is 516 g/mol. The lowest BCUT2D eigenvalue weighted by Gasteiger charge is -2.49. The van der Waals surface area contributed by atoms with E-state index in [0.717, 1.165) is 34.4 Å². The third kappa shape index (κ3) is 4.55. The molecule has 3 aliphatic heterocycles. The number of carbonyl (C=O) groups is 3. The Balaban J connectivity index is 1.21. The molecule has 13 heteroatoms. The molecule has 0 bridgehead atoms. The Morgan fingerprint density at radius 2 is 2.12 bits per heavy atom. The fourth-order valence-electron chi connectivity index (χ4n) is 3.95. The number of carboxylic acids is 1. The number of aromatic nitrogens is 2. The van der Waals surface area contributed by atoms with E-state index in [0.29, 0.717) is 17.1 Å². The van der Waals surface area contributed by atoms with Gasteiger partial charge in [-0.25, -0.2) is 4.79 Å². The number of fused-ring (bicyclic) bond motifs is 1. The van der Waals surface area contributed by atoms with Crippen LogP contribution in [0.4, 0.5) is 0 Å². The first kappa shape index (κ1) is 22.9. The van der Waals surface area contributed by atoms with Crippen LogP contribution in [0.1, 0.15) is 11.1 Å². The molecule has 3 aliphatic rings. The minimum Gasteiger partial charge on any atom is -0.477 e. The van der Waals surface area contributed by atoms with Crippen LogP contribution in [0, 0.1) is 0 Å². The molecule has 4 heterocycles. The fourth-order valence-corrected chi connectivity index (χ4v) is 6.92. The van der Waals surface area contributed by atoms with Crippen molar-refractivity contribution in [2.24, 2.45) is 4.99 Å². The van der Waals surface area contributed by atoms with Crippen LogP contribution in [-0.4, -0.2) is 79.8 Å². The third-order valence-corrected chi connectivity index (χ3v) is 8.83. The standard InChI is InChI=1S/C21H20N6O4S3/c28-14(7-11-1-3-12(4-2-11)17-22-5-6-23-17)25-15-18(29)27-16(20(30)31)13(8-32-19(15)27)9-33-21-26-24-10-34-21/h1-4,10,15,19H,5-9H2,(H,22,23)(H,25,28)(H,30,31)/t15-,19-/m1/s1. The van der Waals surface area contributed by atoms with Crippen LogP contribution in [0.5, 0.6) is 0 Å². The molecule has 3 N–H and O–H groups in total. The smallest absolute Gasteiger partial charge is 0.352 e. The van der Waals surface area contributed by atoms with Crippen LogP contribution in [0.25, 0.3) is 0 Å². The molecule has 5 rings (SSSR count). The average molecular weight is 517 g/mol. The number of nitrogens with one attached hydrogen (secondary N) is 2. The Bertz CT molecular complexity index is 1180. The highest BCUT2D eigenvalue weighted by Crippen LogP contribution is 2.41. The number of benzene rings is 1. The van der Waals surface area contributed by atoms with Gasteiger partial charge in [0.1, 0.15) is 28.5 Å². The van der Waals surface area contributed by atoms with E-state index in [1.54, 1.807) is 5.51 Å². The SMILES string of the molecule is O=C(Cc1ccc(C2=NCCN2)cc1)N[C@@H]1C(=O)N2C(C(=O)O)=C(CSc3nncs3)CS[C@H]12. The van der Waals surface area contributed by atoms with Crippen LogP contribution in [0.15, 0.2) is 50.4 Å². The summed E-state index contributed by atoms with van der Waals surface area (Å²) in [4.78, 5) is 43.1. The van der Waals surface area contributed by atoms with Crippen LogP contribution in [0.2, 0.25) is 0 Å². The van der Waals surface area contributed by atoms with Gasteiger partial charge in [-0.2, -0.15) is 0 Å². The Kier molecular flexibility index (Phi) is 6.57. The first-order valence-electron chi connectivity index (χ1n) is 10.5. The van der Waals surface area contributed by atoms with Gasteiger partial charge in [-0.1, -0.05) is 47.4 Å². The number of rotatable bonds is 8. The first-order valence-corrected chi connectivity index (χ1v) is 13.4. The number of hydrogen-bond donors (Lipinski definition) is 3. The van der Waals surface area contributed by atoms with Crippen molar-refractivity contribution in [1.82, 2.24) is 25.7 Å². The predicted octanol–water partition coefficient (Wildman–Crippen LogP) is 0.961. The quantitative estimate of drug-likeness (QED) is 0.346. The number of nitrogens with zero attached hydrogens (tertiary/aromatic N) is 4. The molecule has 1 fully saturated rings. The van der Waals surface area contributed by atoms with E-state index in [2.05, 4.69) is 25.8 Å². The number of amidine groups is 1. The van der Waals surface area contributed by atoms with Crippen LogP contribution >= 0.6 is 34.9 Å². The maximum absolute atomic E-state index is 12.8. The molecule has 2 aromatic rings.